The van der Waals surface area contributed by atoms with E-state index in [-0.39, 0.29) is 18.3 Å². The Bertz CT molecular complexity index is 500. The average Bonchev–Trinajstić information content (AvgIpc) is 3.21. The molecule has 0 aliphatic heterocycles. The number of carbonyl (C=O) groups excluding carboxylic acids is 1. The van der Waals surface area contributed by atoms with Crippen molar-refractivity contribution in [2.75, 3.05) is 6.54 Å². The van der Waals surface area contributed by atoms with Crippen LogP contribution in [0.5, 0.6) is 0 Å². The highest BCUT2D eigenvalue weighted by atomic mass is 79.9. The van der Waals surface area contributed by atoms with Crippen molar-refractivity contribution in [3.05, 3.63) is 40.1 Å². The number of aliphatic hydroxyl groups excluding tert-OH is 1. The first kappa shape index (κ1) is 14.2. The van der Waals surface area contributed by atoms with Crippen LogP contribution in [-0.4, -0.2) is 23.7 Å². The number of nitrogens with one attached hydrogen (secondary N) is 1. The second-order valence-electron chi connectivity index (χ2n) is 4.65. The summed E-state index contributed by atoms with van der Waals surface area (Å²) in [6, 6.07) is 4.52. The molecule has 0 bridgehead atoms. The zero-order valence-corrected chi connectivity index (χ0v) is 11.9. The van der Waals surface area contributed by atoms with Gasteiger partial charge < -0.3 is 10.4 Å². The fourth-order valence-electron chi connectivity index (χ4n) is 1.72. The second-order valence-corrected chi connectivity index (χ2v) is 5.56. The highest BCUT2D eigenvalue weighted by Crippen LogP contribution is 2.32. The zero-order valence-electron chi connectivity index (χ0n) is 10.3. The van der Waals surface area contributed by atoms with Gasteiger partial charge in [0.05, 0.1) is 6.10 Å². The van der Waals surface area contributed by atoms with Crippen LogP contribution in [-0.2, 0) is 4.79 Å². The maximum absolute atomic E-state index is 13.4. The van der Waals surface area contributed by atoms with Crippen LogP contribution in [0, 0.1) is 11.7 Å². The van der Waals surface area contributed by atoms with Crippen LogP contribution in [0.25, 0.3) is 6.08 Å². The normalized spacial score (nSPS) is 16.6. The number of amides is 1. The van der Waals surface area contributed by atoms with Gasteiger partial charge in [0.2, 0.25) is 5.91 Å². The van der Waals surface area contributed by atoms with Gasteiger partial charge in [0.25, 0.3) is 0 Å². The van der Waals surface area contributed by atoms with Crippen LogP contribution in [0.1, 0.15) is 18.4 Å². The van der Waals surface area contributed by atoms with Gasteiger partial charge in [-0.05, 0) is 43.0 Å². The Kier molecular flexibility index (Phi) is 4.71. The van der Waals surface area contributed by atoms with E-state index in [9.17, 15) is 14.3 Å². The van der Waals surface area contributed by atoms with Crippen molar-refractivity contribution in [3.8, 4) is 0 Å². The molecule has 1 aromatic rings. The Labute approximate surface area is 119 Å². The summed E-state index contributed by atoms with van der Waals surface area (Å²) in [4.78, 5) is 11.5. The smallest absolute Gasteiger partial charge is 0.244 e. The summed E-state index contributed by atoms with van der Waals surface area (Å²) in [5, 5.41) is 12.2. The summed E-state index contributed by atoms with van der Waals surface area (Å²) in [6.07, 6.45) is 4.26. The molecule has 102 valence electrons. The summed E-state index contributed by atoms with van der Waals surface area (Å²) >= 11 is 3.24. The average molecular weight is 328 g/mol. The summed E-state index contributed by atoms with van der Waals surface area (Å²) in [6.45, 7) is 0.245. The quantitative estimate of drug-likeness (QED) is 0.816. The number of rotatable bonds is 5. The van der Waals surface area contributed by atoms with Crippen molar-refractivity contribution in [2.24, 2.45) is 5.92 Å². The molecular weight excluding hydrogens is 313 g/mol. The van der Waals surface area contributed by atoms with Gasteiger partial charge in [-0.1, -0.05) is 15.9 Å². The van der Waals surface area contributed by atoms with Gasteiger partial charge in [-0.3, -0.25) is 4.79 Å². The minimum absolute atomic E-state index is 0.245. The van der Waals surface area contributed by atoms with E-state index in [1.807, 2.05) is 0 Å². The van der Waals surface area contributed by atoms with E-state index in [2.05, 4.69) is 21.2 Å². The maximum atomic E-state index is 13.4. The van der Waals surface area contributed by atoms with E-state index < -0.39 is 6.10 Å². The van der Waals surface area contributed by atoms with E-state index in [4.69, 9.17) is 0 Å². The first-order valence-corrected chi connectivity index (χ1v) is 6.94. The number of hydrogen-bond acceptors (Lipinski definition) is 2. The van der Waals surface area contributed by atoms with Crippen LogP contribution < -0.4 is 5.32 Å². The molecule has 1 aliphatic carbocycles. The molecule has 1 atom stereocenters. The molecule has 0 aromatic heterocycles. The zero-order chi connectivity index (χ0) is 13.8. The lowest BCUT2D eigenvalue weighted by Gasteiger charge is -2.08. The van der Waals surface area contributed by atoms with Crippen LogP contribution in [0.2, 0.25) is 0 Å². The first-order chi connectivity index (χ1) is 9.06. The van der Waals surface area contributed by atoms with Crippen LogP contribution in [0.3, 0.4) is 0 Å². The number of benzene rings is 1. The lowest BCUT2D eigenvalue weighted by atomic mass is 10.2. The van der Waals surface area contributed by atoms with Gasteiger partial charge in [-0.25, -0.2) is 4.39 Å². The second kappa shape index (κ2) is 6.30. The van der Waals surface area contributed by atoms with Crippen LogP contribution in [0.15, 0.2) is 28.7 Å². The standard InChI is InChI=1S/C14H15BrFNO2/c15-11-4-5-12(16)10(7-11)3-6-14(19)17-8-13(18)9-1-2-9/h3-7,9,13,18H,1-2,8H2,(H,17,19). The van der Waals surface area contributed by atoms with Gasteiger partial charge >= 0.3 is 0 Å². The molecular formula is C14H15BrFNO2. The van der Waals surface area contributed by atoms with Crippen molar-refractivity contribution in [1.82, 2.24) is 5.32 Å². The minimum Gasteiger partial charge on any atom is -0.391 e. The van der Waals surface area contributed by atoms with Crippen molar-refractivity contribution in [2.45, 2.75) is 18.9 Å². The molecule has 19 heavy (non-hydrogen) atoms. The lowest BCUT2D eigenvalue weighted by molar-refractivity contribution is -0.116. The molecule has 1 aliphatic rings. The molecule has 1 aromatic carbocycles. The summed E-state index contributed by atoms with van der Waals surface area (Å²) in [5.41, 5.74) is 0.340. The van der Waals surface area contributed by atoms with Gasteiger partial charge in [0, 0.05) is 22.7 Å². The van der Waals surface area contributed by atoms with E-state index in [0.29, 0.717) is 11.5 Å². The third-order valence-electron chi connectivity index (χ3n) is 3.02. The fourth-order valence-corrected chi connectivity index (χ4v) is 2.10. The van der Waals surface area contributed by atoms with E-state index in [1.165, 1.54) is 18.2 Å². The summed E-state index contributed by atoms with van der Waals surface area (Å²) in [5.74, 6) is -0.392. The molecule has 3 nitrogen and oxygen atoms in total. The minimum atomic E-state index is -0.472. The van der Waals surface area contributed by atoms with Crippen LogP contribution in [0.4, 0.5) is 4.39 Å². The molecule has 5 heteroatoms. The summed E-state index contributed by atoms with van der Waals surface area (Å²) in [7, 11) is 0. The predicted molar refractivity (Wildman–Crippen MR) is 74.9 cm³/mol. The van der Waals surface area contributed by atoms with Gasteiger partial charge in [0.15, 0.2) is 0 Å². The third kappa shape index (κ3) is 4.44. The predicted octanol–water partition coefficient (Wildman–Crippen LogP) is 2.49. The molecule has 2 rings (SSSR count). The molecule has 1 fully saturated rings. The number of hydrogen-bond donors (Lipinski definition) is 2. The molecule has 0 radical (unpaired) electrons. The first-order valence-electron chi connectivity index (χ1n) is 6.15. The van der Waals surface area contributed by atoms with E-state index in [0.717, 1.165) is 17.3 Å². The Morgan fingerprint density at radius 1 is 1.58 bits per heavy atom. The molecule has 0 saturated heterocycles. The molecule has 2 N–H and O–H groups in total. The van der Waals surface area contributed by atoms with Gasteiger partial charge in [-0.15, -0.1) is 0 Å². The van der Waals surface area contributed by atoms with Crippen molar-refractivity contribution in [1.29, 1.82) is 0 Å². The molecule has 0 heterocycles. The van der Waals surface area contributed by atoms with Gasteiger partial charge in [0.1, 0.15) is 5.82 Å². The van der Waals surface area contributed by atoms with Crippen LogP contribution >= 0.6 is 15.9 Å². The highest BCUT2D eigenvalue weighted by Gasteiger charge is 2.29. The molecule has 1 unspecified atom stereocenters. The third-order valence-corrected chi connectivity index (χ3v) is 3.52. The Balaban J connectivity index is 1.86. The van der Waals surface area contributed by atoms with Crippen molar-refractivity contribution in [3.63, 3.8) is 0 Å². The van der Waals surface area contributed by atoms with Crippen molar-refractivity contribution >= 4 is 27.9 Å². The van der Waals surface area contributed by atoms with E-state index >= 15 is 0 Å². The largest absolute Gasteiger partial charge is 0.391 e. The maximum Gasteiger partial charge on any atom is 0.244 e. The van der Waals surface area contributed by atoms with Crippen molar-refractivity contribution < 1.29 is 14.3 Å². The number of aliphatic hydroxyl groups is 1. The topological polar surface area (TPSA) is 49.3 Å². The number of halogens is 2. The Morgan fingerprint density at radius 2 is 2.32 bits per heavy atom. The molecule has 0 spiro atoms. The SMILES string of the molecule is O=C(C=Cc1cc(Br)ccc1F)NCC(O)C1CC1. The molecule has 1 amide bonds. The Morgan fingerprint density at radius 3 is 3.00 bits per heavy atom. The lowest BCUT2D eigenvalue weighted by Crippen LogP contribution is -2.31. The highest BCUT2D eigenvalue weighted by molar-refractivity contribution is 9.10. The molecule has 1 saturated carbocycles. The van der Waals surface area contributed by atoms with E-state index in [1.54, 1.807) is 12.1 Å². The fraction of sp³-hybridized carbons (Fsp3) is 0.357. The summed E-state index contributed by atoms with van der Waals surface area (Å²) < 4.78 is 14.2. The Hall–Kier alpha value is -1.20. The number of carbonyl (C=O) groups is 1. The van der Waals surface area contributed by atoms with Gasteiger partial charge in [-0.2, -0.15) is 0 Å². The monoisotopic (exact) mass is 327 g/mol.